The number of hydrogen-bond donors (Lipinski definition) is 1. The van der Waals surface area contributed by atoms with Crippen molar-refractivity contribution in [3.8, 4) is 0 Å². The average molecular weight is 276 g/mol. The Morgan fingerprint density at radius 3 is 2.88 bits per heavy atom. The van der Waals surface area contributed by atoms with Crippen molar-refractivity contribution >= 4 is 29.7 Å². The lowest BCUT2D eigenvalue weighted by atomic mass is 10.1. The van der Waals surface area contributed by atoms with Gasteiger partial charge in [0.2, 0.25) is 0 Å². The molecule has 0 aromatic carbocycles. The Hall–Kier alpha value is -0.650. The van der Waals surface area contributed by atoms with Crippen LogP contribution in [0.15, 0.2) is 6.20 Å². The first-order chi connectivity index (χ1) is 7.58. The highest BCUT2D eigenvalue weighted by atomic mass is 35.5. The van der Waals surface area contributed by atoms with E-state index in [0.29, 0.717) is 6.04 Å². The molecule has 0 spiro atoms. The summed E-state index contributed by atoms with van der Waals surface area (Å²) < 4.78 is 0. The Labute approximate surface area is 112 Å². The second-order valence-electron chi connectivity index (χ2n) is 4.36. The fourth-order valence-electron chi connectivity index (χ4n) is 1.91. The molecule has 1 saturated heterocycles. The molecule has 2 atom stereocenters. The molecular formula is C11H18ClN3OS. The minimum atomic E-state index is 0. The summed E-state index contributed by atoms with van der Waals surface area (Å²) >= 11 is 1.47. The van der Waals surface area contributed by atoms with Gasteiger partial charge in [0, 0.05) is 25.2 Å². The quantitative estimate of drug-likeness (QED) is 0.848. The molecule has 2 heterocycles. The standard InChI is InChI=1S/C11H17N3OS.ClH/c1-7-6-14(8(2)4-12-7)11(15)10-5-13-9(3)16-10;/h5,7-8,12H,4,6H2,1-3H3;1H. The minimum Gasteiger partial charge on any atom is -0.332 e. The van der Waals surface area contributed by atoms with E-state index in [1.165, 1.54) is 11.3 Å². The molecule has 1 amide bonds. The zero-order chi connectivity index (χ0) is 11.7. The van der Waals surface area contributed by atoms with Gasteiger partial charge in [-0.25, -0.2) is 4.98 Å². The molecule has 0 saturated carbocycles. The highest BCUT2D eigenvalue weighted by Gasteiger charge is 2.28. The molecule has 1 aliphatic heterocycles. The molecule has 2 unspecified atom stereocenters. The molecule has 2 rings (SSSR count). The van der Waals surface area contributed by atoms with Gasteiger partial charge in [0.05, 0.1) is 11.2 Å². The maximum Gasteiger partial charge on any atom is 0.265 e. The van der Waals surface area contributed by atoms with E-state index in [2.05, 4.69) is 24.1 Å². The number of carbonyl (C=O) groups is 1. The molecular weight excluding hydrogens is 258 g/mol. The van der Waals surface area contributed by atoms with Crippen molar-refractivity contribution in [2.24, 2.45) is 0 Å². The highest BCUT2D eigenvalue weighted by Crippen LogP contribution is 2.17. The second kappa shape index (κ2) is 5.80. The molecule has 0 radical (unpaired) electrons. The lowest BCUT2D eigenvalue weighted by molar-refractivity contribution is 0.0621. The summed E-state index contributed by atoms with van der Waals surface area (Å²) in [5.41, 5.74) is 0. The molecule has 1 N–H and O–H groups in total. The number of piperazine rings is 1. The van der Waals surface area contributed by atoms with E-state index in [0.717, 1.165) is 23.0 Å². The largest absolute Gasteiger partial charge is 0.332 e. The Morgan fingerprint density at radius 2 is 2.29 bits per heavy atom. The van der Waals surface area contributed by atoms with Crippen molar-refractivity contribution < 1.29 is 4.79 Å². The summed E-state index contributed by atoms with van der Waals surface area (Å²) in [7, 11) is 0. The number of aryl methyl sites for hydroxylation is 1. The van der Waals surface area contributed by atoms with E-state index < -0.39 is 0 Å². The molecule has 1 fully saturated rings. The molecule has 4 nitrogen and oxygen atoms in total. The van der Waals surface area contributed by atoms with Gasteiger partial charge in [-0.3, -0.25) is 4.79 Å². The Bertz CT molecular complexity index is 396. The molecule has 1 aromatic heterocycles. The normalized spacial score (nSPS) is 24.3. The van der Waals surface area contributed by atoms with Crippen LogP contribution in [0.1, 0.15) is 28.5 Å². The van der Waals surface area contributed by atoms with Gasteiger partial charge in [-0.2, -0.15) is 0 Å². The smallest absolute Gasteiger partial charge is 0.265 e. The number of nitrogens with zero attached hydrogens (tertiary/aromatic N) is 2. The summed E-state index contributed by atoms with van der Waals surface area (Å²) in [5.74, 6) is 0.117. The zero-order valence-electron chi connectivity index (χ0n) is 10.3. The molecule has 0 aliphatic carbocycles. The third-order valence-corrected chi connectivity index (χ3v) is 3.76. The van der Waals surface area contributed by atoms with Crippen molar-refractivity contribution in [2.45, 2.75) is 32.9 Å². The van der Waals surface area contributed by atoms with Gasteiger partial charge < -0.3 is 10.2 Å². The summed E-state index contributed by atoms with van der Waals surface area (Å²) in [6, 6.07) is 0.625. The highest BCUT2D eigenvalue weighted by molar-refractivity contribution is 7.13. The van der Waals surface area contributed by atoms with Gasteiger partial charge in [0.15, 0.2) is 0 Å². The Kier molecular flexibility index (Phi) is 4.91. The first-order valence-corrected chi connectivity index (χ1v) is 6.36. The third kappa shape index (κ3) is 3.18. The topological polar surface area (TPSA) is 45.2 Å². The number of halogens is 1. The van der Waals surface area contributed by atoms with Crippen LogP contribution in [0.5, 0.6) is 0 Å². The first-order valence-electron chi connectivity index (χ1n) is 5.54. The van der Waals surface area contributed by atoms with E-state index in [9.17, 15) is 4.79 Å². The number of hydrogen-bond acceptors (Lipinski definition) is 4. The zero-order valence-corrected chi connectivity index (χ0v) is 11.9. The van der Waals surface area contributed by atoms with Crippen LogP contribution >= 0.6 is 23.7 Å². The van der Waals surface area contributed by atoms with Gasteiger partial charge in [0.25, 0.3) is 5.91 Å². The van der Waals surface area contributed by atoms with Crippen LogP contribution in [0.4, 0.5) is 0 Å². The van der Waals surface area contributed by atoms with Crippen LogP contribution in [0.25, 0.3) is 0 Å². The summed E-state index contributed by atoms with van der Waals surface area (Å²) in [6.45, 7) is 7.74. The van der Waals surface area contributed by atoms with Gasteiger partial charge in [-0.05, 0) is 20.8 Å². The first kappa shape index (κ1) is 14.4. The Morgan fingerprint density at radius 1 is 1.59 bits per heavy atom. The molecule has 96 valence electrons. The van der Waals surface area contributed by atoms with E-state index >= 15 is 0 Å². The van der Waals surface area contributed by atoms with E-state index in [-0.39, 0.29) is 24.4 Å². The molecule has 17 heavy (non-hydrogen) atoms. The van der Waals surface area contributed by atoms with Crippen LogP contribution in [0.2, 0.25) is 0 Å². The maximum absolute atomic E-state index is 12.2. The second-order valence-corrected chi connectivity index (χ2v) is 5.59. The summed E-state index contributed by atoms with van der Waals surface area (Å²) in [6.07, 6.45) is 1.68. The van der Waals surface area contributed by atoms with Crippen LogP contribution in [0, 0.1) is 6.92 Å². The average Bonchev–Trinajstić information content (AvgIpc) is 2.67. The van der Waals surface area contributed by atoms with E-state index in [1.54, 1.807) is 6.20 Å². The van der Waals surface area contributed by atoms with Gasteiger partial charge in [-0.15, -0.1) is 23.7 Å². The fraction of sp³-hybridized carbons (Fsp3) is 0.636. The number of rotatable bonds is 1. The van der Waals surface area contributed by atoms with E-state index in [4.69, 9.17) is 0 Å². The predicted molar refractivity (Wildman–Crippen MR) is 72.1 cm³/mol. The van der Waals surface area contributed by atoms with Crippen molar-refractivity contribution in [2.75, 3.05) is 13.1 Å². The van der Waals surface area contributed by atoms with Crippen LogP contribution in [0.3, 0.4) is 0 Å². The predicted octanol–water partition coefficient (Wildman–Crippen LogP) is 1.70. The number of aromatic nitrogens is 1. The SMILES string of the molecule is Cc1ncc(C(=O)N2CC(C)NCC2C)s1.Cl. The fourth-order valence-corrected chi connectivity index (χ4v) is 2.64. The van der Waals surface area contributed by atoms with Crippen LogP contribution < -0.4 is 5.32 Å². The molecule has 1 aliphatic rings. The number of carbonyl (C=O) groups excluding carboxylic acids is 1. The molecule has 1 aromatic rings. The van der Waals surface area contributed by atoms with Crippen molar-refractivity contribution in [1.29, 1.82) is 0 Å². The van der Waals surface area contributed by atoms with Crippen molar-refractivity contribution in [1.82, 2.24) is 15.2 Å². The van der Waals surface area contributed by atoms with Crippen molar-refractivity contribution in [3.05, 3.63) is 16.1 Å². The lowest BCUT2D eigenvalue weighted by Gasteiger charge is -2.37. The monoisotopic (exact) mass is 275 g/mol. The molecule has 0 bridgehead atoms. The molecule has 6 heteroatoms. The number of nitrogens with one attached hydrogen (secondary N) is 1. The lowest BCUT2D eigenvalue weighted by Crippen LogP contribution is -2.56. The van der Waals surface area contributed by atoms with Crippen LogP contribution in [-0.4, -0.2) is 41.0 Å². The Balaban J connectivity index is 0.00000144. The van der Waals surface area contributed by atoms with Gasteiger partial charge >= 0.3 is 0 Å². The number of thiazole rings is 1. The van der Waals surface area contributed by atoms with Gasteiger partial charge in [0.1, 0.15) is 4.88 Å². The van der Waals surface area contributed by atoms with E-state index in [1.807, 2.05) is 11.8 Å². The maximum atomic E-state index is 12.2. The minimum absolute atomic E-state index is 0. The summed E-state index contributed by atoms with van der Waals surface area (Å²) in [5, 5.41) is 4.31. The summed E-state index contributed by atoms with van der Waals surface area (Å²) in [4.78, 5) is 19.1. The van der Waals surface area contributed by atoms with Crippen LogP contribution in [-0.2, 0) is 0 Å². The third-order valence-electron chi connectivity index (χ3n) is 2.86. The number of amides is 1. The van der Waals surface area contributed by atoms with Crippen molar-refractivity contribution in [3.63, 3.8) is 0 Å². The van der Waals surface area contributed by atoms with Gasteiger partial charge in [-0.1, -0.05) is 0 Å².